The van der Waals surface area contributed by atoms with Crippen LogP contribution < -0.4 is 10.6 Å². The fourth-order valence-electron chi connectivity index (χ4n) is 1.40. The van der Waals surface area contributed by atoms with Gasteiger partial charge in [-0.2, -0.15) is 0 Å². The molecule has 1 aromatic heterocycles. The Morgan fingerprint density at radius 3 is 2.40 bits per heavy atom. The molecule has 0 fully saturated rings. The van der Waals surface area contributed by atoms with E-state index in [2.05, 4.69) is 36.6 Å². The molecule has 15 heavy (non-hydrogen) atoms. The molecule has 3 heteroatoms. The summed E-state index contributed by atoms with van der Waals surface area (Å²) in [6.45, 7) is 8.66. The van der Waals surface area contributed by atoms with Crippen molar-refractivity contribution >= 4 is 11.3 Å². The normalized spacial score (nSPS) is 10.8. The topological polar surface area (TPSA) is 24.1 Å². The van der Waals surface area contributed by atoms with Gasteiger partial charge in [0.2, 0.25) is 0 Å². The Morgan fingerprint density at radius 2 is 1.73 bits per heavy atom. The molecule has 1 aromatic rings. The maximum absolute atomic E-state index is 3.45. The van der Waals surface area contributed by atoms with Crippen LogP contribution >= 0.6 is 11.3 Å². The van der Waals surface area contributed by atoms with Crippen molar-refractivity contribution in [1.29, 1.82) is 0 Å². The van der Waals surface area contributed by atoms with E-state index in [9.17, 15) is 0 Å². The summed E-state index contributed by atoms with van der Waals surface area (Å²) < 4.78 is 0. The molecule has 0 aliphatic heterocycles. The molecule has 1 heterocycles. The fraction of sp³-hybridized carbons (Fsp3) is 0.667. The molecule has 0 spiro atoms. The lowest BCUT2D eigenvalue weighted by atomic mass is 10.3. The first-order valence-corrected chi connectivity index (χ1v) is 6.67. The van der Waals surface area contributed by atoms with Crippen LogP contribution in [0.4, 0.5) is 0 Å². The maximum Gasteiger partial charge on any atom is 0.0300 e. The van der Waals surface area contributed by atoms with Crippen molar-refractivity contribution < 1.29 is 0 Å². The molecule has 0 aliphatic rings. The van der Waals surface area contributed by atoms with Gasteiger partial charge < -0.3 is 10.6 Å². The van der Waals surface area contributed by atoms with Crippen LogP contribution in [-0.2, 0) is 13.0 Å². The van der Waals surface area contributed by atoms with Gasteiger partial charge in [0.1, 0.15) is 0 Å². The van der Waals surface area contributed by atoms with Crippen molar-refractivity contribution in [1.82, 2.24) is 10.6 Å². The van der Waals surface area contributed by atoms with E-state index >= 15 is 0 Å². The van der Waals surface area contributed by atoms with Gasteiger partial charge in [-0.15, -0.1) is 11.3 Å². The van der Waals surface area contributed by atoms with Gasteiger partial charge in [0, 0.05) is 29.4 Å². The summed E-state index contributed by atoms with van der Waals surface area (Å²) in [6, 6.07) is 4.47. The smallest absolute Gasteiger partial charge is 0.0300 e. The van der Waals surface area contributed by atoms with E-state index in [0.29, 0.717) is 0 Å². The summed E-state index contributed by atoms with van der Waals surface area (Å²) in [5, 5.41) is 6.82. The zero-order chi connectivity index (χ0) is 10.9. The minimum Gasteiger partial charge on any atom is -0.315 e. The summed E-state index contributed by atoms with van der Waals surface area (Å²) in [7, 11) is 0. The van der Waals surface area contributed by atoms with Crippen molar-refractivity contribution in [3.63, 3.8) is 0 Å². The van der Waals surface area contributed by atoms with Crippen LogP contribution in [0.1, 0.15) is 30.0 Å². The van der Waals surface area contributed by atoms with Crippen molar-refractivity contribution in [2.45, 2.75) is 33.2 Å². The number of aryl methyl sites for hydroxylation is 1. The van der Waals surface area contributed by atoms with E-state index in [1.54, 1.807) is 0 Å². The van der Waals surface area contributed by atoms with Gasteiger partial charge in [-0.3, -0.25) is 0 Å². The second-order valence-corrected chi connectivity index (χ2v) is 4.90. The van der Waals surface area contributed by atoms with Gasteiger partial charge in [0.05, 0.1) is 0 Å². The molecule has 0 amide bonds. The summed E-state index contributed by atoms with van der Waals surface area (Å²) >= 11 is 1.92. The van der Waals surface area contributed by atoms with Gasteiger partial charge in [-0.25, -0.2) is 0 Å². The lowest BCUT2D eigenvalue weighted by molar-refractivity contribution is 0.609. The Hall–Kier alpha value is -0.380. The molecule has 0 aliphatic carbocycles. The van der Waals surface area contributed by atoms with Gasteiger partial charge in [-0.05, 0) is 31.5 Å². The highest BCUT2D eigenvalue weighted by Gasteiger charge is 1.97. The first-order valence-electron chi connectivity index (χ1n) is 5.85. The summed E-state index contributed by atoms with van der Waals surface area (Å²) in [6.07, 6.45) is 2.37. The number of thiophene rings is 1. The summed E-state index contributed by atoms with van der Waals surface area (Å²) in [5.41, 5.74) is 0. The highest BCUT2D eigenvalue weighted by molar-refractivity contribution is 7.11. The molecule has 0 bridgehead atoms. The molecule has 86 valence electrons. The quantitative estimate of drug-likeness (QED) is 0.665. The summed E-state index contributed by atoms with van der Waals surface area (Å²) in [4.78, 5) is 2.93. The first kappa shape index (κ1) is 12.7. The van der Waals surface area contributed by atoms with E-state index < -0.39 is 0 Å². The van der Waals surface area contributed by atoms with Crippen molar-refractivity contribution in [2.24, 2.45) is 0 Å². The molecular weight excluding hydrogens is 204 g/mol. The van der Waals surface area contributed by atoms with Gasteiger partial charge >= 0.3 is 0 Å². The summed E-state index contributed by atoms with van der Waals surface area (Å²) in [5.74, 6) is 0. The van der Waals surface area contributed by atoms with E-state index in [1.165, 1.54) is 16.2 Å². The van der Waals surface area contributed by atoms with Crippen molar-refractivity contribution in [3.8, 4) is 0 Å². The minimum atomic E-state index is 1.01. The van der Waals surface area contributed by atoms with E-state index in [-0.39, 0.29) is 0 Å². The molecule has 0 radical (unpaired) electrons. The molecule has 2 nitrogen and oxygen atoms in total. The zero-order valence-corrected chi connectivity index (χ0v) is 10.6. The SMILES string of the molecule is CCCNCCNCc1ccc(CC)s1. The first-order chi connectivity index (χ1) is 7.36. The van der Waals surface area contributed by atoms with Gasteiger partial charge in [0.25, 0.3) is 0 Å². The van der Waals surface area contributed by atoms with E-state index in [1.807, 2.05) is 11.3 Å². The molecule has 0 saturated carbocycles. The van der Waals surface area contributed by atoms with Crippen molar-refractivity contribution in [2.75, 3.05) is 19.6 Å². The minimum absolute atomic E-state index is 1.01. The van der Waals surface area contributed by atoms with Crippen LogP contribution in [0.15, 0.2) is 12.1 Å². The Balaban J connectivity index is 2.04. The third-order valence-electron chi connectivity index (χ3n) is 2.27. The molecule has 0 aromatic carbocycles. The van der Waals surface area contributed by atoms with Crippen LogP contribution in [0.3, 0.4) is 0 Å². The average Bonchev–Trinajstić information content (AvgIpc) is 2.71. The maximum atomic E-state index is 3.45. The third-order valence-corrected chi connectivity index (χ3v) is 3.50. The Labute approximate surface area is 97.1 Å². The lowest BCUT2D eigenvalue weighted by Crippen LogP contribution is -2.27. The molecule has 2 N–H and O–H groups in total. The van der Waals surface area contributed by atoms with Gasteiger partial charge in [0.15, 0.2) is 0 Å². The zero-order valence-electron chi connectivity index (χ0n) is 9.81. The second-order valence-electron chi connectivity index (χ2n) is 3.65. The third kappa shape index (κ3) is 5.30. The fourth-order valence-corrected chi connectivity index (χ4v) is 2.32. The Bertz CT molecular complexity index is 258. The van der Waals surface area contributed by atoms with Crippen LogP contribution in [0, 0.1) is 0 Å². The largest absolute Gasteiger partial charge is 0.315 e. The Kier molecular flexibility index (Phi) is 6.64. The molecular formula is C12H22N2S. The van der Waals surface area contributed by atoms with Crippen LogP contribution in [0.5, 0.6) is 0 Å². The monoisotopic (exact) mass is 226 g/mol. The van der Waals surface area contributed by atoms with Gasteiger partial charge in [-0.1, -0.05) is 13.8 Å². The second kappa shape index (κ2) is 7.85. The van der Waals surface area contributed by atoms with Crippen LogP contribution in [-0.4, -0.2) is 19.6 Å². The van der Waals surface area contributed by atoms with E-state index in [0.717, 1.165) is 32.6 Å². The average molecular weight is 226 g/mol. The molecule has 0 saturated heterocycles. The lowest BCUT2D eigenvalue weighted by Gasteiger charge is -2.04. The number of rotatable bonds is 8. The number of nitrogens with one attached hydrogen (secondary N) is 2. The molecule has 0 atom stereocenters. The predicted octanol–water partition coefficient (Wildman–Crippen LogP) is 2.40. The highest BCUT2D eigenvalue weighted by Crippen LogP contribution is 2.16. The van der Waals surface area contributed by atoms with Crippen LogP contribution in [0.25, 0.3) is 0 Å². The molecule has 0 unspecified atom stereocenters. The number of hydrogen-bond donors (Lipinski definition) is 2. The highest BCUT2D eigenvalue weighted by atomic mass is 32.1. The van der Waals surface area contributed by atoms with Crippen LogP contribution in [0.2, 0.25) is 0 Å². The number of hydrogen-bond acceptors (Lipinski definition) is 3. The van der Waals surface area contributed by atoms with E-state index in [4.69, 9.17) is 0 Å². The standard InChI is InChI=1S/C12H22N2S/c1-3-7-13-8-9-14-10-12-6-5-11(4-2)15-12/h5-6,13-14H,3-4,7-10H2,1-2H3. The van der Waals surface area contributed by atoms with Crippen molar-refractivity contribution in [3.05, 3.63) is 21.9 Å². The predicted molar refractivity (Wildman–Crippen MR) is 68.6 cm³/mol. The molecule has 1 rings (SSSR count). The Morgan fingerprint density at radius 1 is 1.00 bits per heavy atom.